The predicted molar refractivity (Wildman–Crippen MR) is 105 cm³/mol. The first kappa shape index (κ1) is 23.3. The summed E-state index contributed by atoms with van der Waals surface area (Å²) in [6.45, 7) is 17.5. The monoisotopic (exact) mass is 362 g/mol. The van der Waals surface area contributed by atoms with E-state index in [1.165, 1.54) is 38.5 Å². The second-order valence-electron chi connectivity index (χ2n) is 7.75. The van der Waals surface area contributed by atoms with Crippen LogP contribution < -0.4 is 0 Å². The number of hydrogen-bond acceptors (Lipinski definition) is 3. The fourth-order valence-corrected chi connectivity index (χ4v) is 10.4. The largest absolute Gasteiger partial charge is 0.415 e. The Bertz CT molecular complexity index is 268. The van der Waals surface area contributed by atoms with Gasteiger partial charge in [-0.1, -0.05) is 52.4 Å². The maximum atomic E-state index is 6.41. The van der Waals surface area contributed by atoms with Gasteiger partial charge in [0.2, 0.25) is 0 Å². The normalized spacial score (nSPS) is 15.7. The Morgan fingerprint density at radius 3 is 1.30 bits per heavy atom. The molecule has 0 radical (unpaired) electrons. The van der Waals surface area contributed by atoms with Crippen LogP contribution in [0.4, 0.5) is 0 Å². The molecule has 0 rings (SSSR count). The topological polar surface area (TPSA) is 27.7 Å². The number of rotatable bonds is 14. The van der Waals surface area contributed by atoms with Crippen molar-refractivity contribution in [2.45, 2.75) is 117 Å². The van der Waals surface area contributed by atoms with Crippen LogP contribution >= 0.6 is 0 Å². The Morgan fingerprint density at radius 2 is 1.00 bits per heavy atom. The van der Waals surface area contributed by atoms with Crippen molar-refractivity contribution < 1.29 is 13.0 Å². The molecule has 2 unspecified atom stereocenters. The highest BCUT2D eigenvalue weighted by molar-refractivity contribution is 6.78. The molecule has 0 aliphatic heterocycles. The highest BCUT2D eigenvalue weighted by Crippen LogP contribution is 2.22. The third kappa shape index (κ3) is 13.3. The Balaban J connectivity index is 4.26. The molecule has 0 N–H and O–H groups in total. The molecule has 2 atom stereocenters. The lowest BCUT2D eigenvalue weighted by molar-refractivity contribution is 0.122. The van der Waals surface area contributed by atoms with E-state index in [0.29, 0.717) is 0 Å². The first-order valence-electron chi connectivity index (χ1n) is 9.67. The lowest BCUT2D eigenvalue weighted by Gasteiger charge is -2.36. The zero-order valence-corrected chi connectivity index (χ0v) is 19.0. The Hall–Kier alpha value is 0.314. The second kappa shape index (κ2) is 11.8. The van der Waals surface area contributed by atoms with Crippen LogP contribution in [0, 0.1) is 0 Å². The van der Waals surface area contributed by atoms with E-state index in [4.69, 9.17) is 13.0 Å². The number of hydrogen-bond donors (Lipinski definition) is 0. The first-order valence-corrected chi connectivity index (χ1v) is 15.3. The van der Waals surface area contributed by atoms with Gasteiger partial charge in [-0.2, -0.15) is 0 Å². The first-order chi connectivity index (χ1) is 10.6. The maximum absolute atomic E-state index is 6.41. The van der Waals surface area contributed by atoms with Crippen molar-refractivity contribution in [1.82, 2.24) is 0 Å². The Morgan fingerprint density at radius 1 is 0.652 bits per heavy atom. The molecular weight excluding hydrogens is 320 g/mol. The molecule has 0 aromatic carbocycles. The van der Waals surface area contributed by atoms with E-state index in [1.54, 1.807) is 0 Å². The van der Waals surface area contributed by atoms with Gasteiger partial charge in [0.05, 0.1) is 0 Å². The van der Waals surface area contributed by atoms with Gasteiger partial charge in [-0.05, 0) is 52.9 Å². The molecule has 0 saturated heterocycles. The van der Waals surface area contributed by atoms with Crippen molar-refractivity contribution in [2.75, 3.05) is 0 Å². The highest BCUT2D eigenvalue weighted by Gasteiger charge is 2.38. The molecule has 0 aromatic rings. The van der Waals surface area contributed by atoms with Gasteiger partial charge in [0, 0.05) is 12.2 Å². The highest BCUT2D eigenvalue weighted by atomic mass is 28.5. The molecule has 0 saturated carbocycles. The molecule has 0 bridgehead atoms. The van der Waals surface area contributed by atoms with Crippen molar-refractivity contribution in [1.29, 1.82) is 0 Å². The molecule has 0 fully saturated rings. The van der Waals surface area contributed by atoms with E-state index >= 15 is 0 Å². The fourth-order valence-electron chi connectivity index (χ4n) is 3.09. The summed E-state index contributed by atoms with van der Waals surface area (Å²) in [5.74, 6) is 0. The fraction of sp³-hybridized carbons (Fsp3) is 1.00. The van der Waals surface area contributed by atoms with Crippen LogP contribution in [0.25, 0.3) is 0 Å². The summed E-state index contributed by atoms with van der Waals surface area (Å²) in [6.07, 6.45) is 10.4. The van der Waals surface area contributed by atoms with Crippen LogP contribution in [-0.4, -0.2) is 29.3 Å². The lowest BCUT2D eigenvalue weighted by Crippen LogP contribution is -2.50. The van der Waals surface area contributed by atoms with E-state index in [2.05, 4.69) is 53.9 Å². The molecule has 0 spiro atoms. The van der Waals surface area contributed by atoms with E-state index in [1.807, 2.05) is 0 Å². The Kier molecular flexibility index (Phi) is 12.0. The molecule has 0 amide bonds. The Labute approximate surface area is 148 Å². The van der Waals surface area contributed by atoms with Gasteiger partial charge in [-0.15, -0.1) is 0 Å². The molecule has 23 heavy (non-hydrogen) atoms. The van der Waals surface area contributed by atoms with Gasteiger partial charge in [-0.25, -0.2) is 0 Å². The standard InChI is InChI=1S/C18H42O3Si2/c1-9-11-13-15-17(3)19-22(5,6)21-23(7,8)20-18(4)16-14-12-10-2/h17-18H,9-16H2,1-8H3. The number of unbranched alkanes of at least 4 members (excludes halogenated alkanes) is 4. The minimum absolute atomic E-state index is 0.287. The zero-order chi connectivity index (χ0) is 17.9. The van der Waals surface area contributed by atoms with Crippen molar-refractivity contribution >= 4 is 17.1 Å². The summed E-state index contributed by atoms with van der Waals surface area (Å²) < 4.78 is 19.0. The maximum Gasteiger partial charge on any atom is 0.323 e. The second-order valence-corrected chi connectivity index (χ2v) is 14.6. The third-order valence-corrected chi connectivity index (χ3v) is 9.76. The summed E-state index contributed by atoms with van der Waals surface area (Å²) in [5.41, 5.74) is 0. The minimum atomic E-state index is -2.13. The predicted octanol–water partition coefficient (Wildman–Crippen LogP) is 6.38. The summed E-state index contributed by atoms with van der Waals surface area (Å²) in [7, 11) is -4.26. The molecule has 0 aliphatic rings. The van der Waals surface area contributed by atoms with Gasteiger partial charge in [0.25, 0.3) is 0 Å². The molecule has 5 heteroatoms. The van der Waals surface area contributed by atoms with Crippen molar-refractivity contribution in [2.24, 2.45) is 0 Å². The minimum Gasteiger partial charge on any atom is -0.415 e. The van der Waals surface area contributed by atoms with Crippen LogP contribution in [0.5, 0.6) is 0 Å². The zero-order valence-electron chi connectivity index (χ0n) is 17.0. The van der Waals surface area contributed by atoms with Gasteiger partial charge >= 0.3 is 17.1 Å². The average Bonchev–Trinajstić information content (AvgIpc) is 2.36. The molecule has 140 valence electrons. The van der Waals surface area contributed by atoms with Crippen LogP contribution in [0.2, 0.25) is 26.2 Å². The van der Waals surface area contributed by atoms with Gasteiger partial charge < -0.3 is 13.0 Å². The molecule has 0 aromatic heterocycles. The molecule has 3 nitrogen and oxygen atoms in total. The van der Waals surface area contributed by atoms with Crippen LogP contribution in [0.3, 0.4) is 0 Å². The van der Waals surface area contributed by atoms with Gasteiger partial charge in [-0.3, -0.25) is 0 Å². The van der Waals surface area contributed by atoms with E-state index in [9.17, 15) is 0 Å². The van der Waals surface area contributed by atoms with Crippen molar-refractivity contribution in [3.63, 3.8) is 0 Å². The van der Waals surface area contributed by atoms with E-state index < -0.39 is 17.1 Å². The van der Waals surface area contributed by atoms with Crippen LogP contribution in [0.1, 0.15) is 79.1 Å². The van der Waals surface area contributed by atoms with Crippen molar-refractivity contribution in [3.8, 4) is 0 Å². The quantitative estimate of drug-likeness (QED) is 0.265. The van der Waals surface area contributed by atoms with Gasteiger partial charge in [0.1, 0.15) is 0 Å². The summed E-state index contributed by atoms with van der Waals surface area (Å²) >= 11 is 0. The van der Waals surface area contributed by atoms with E-state index in [-0.39, 0.29) is 12.2 Å². The average molecular weight is 363 g/mol. The lowest BCUT2D eigenvalue weighted by atomic mass is 10.1. The SMILES string of the molecule is CCCCCC(C)O[Si](C)(C)O[Si](C)(C)OC(C)CCCCC. The third-order valence-electron chi connectivity index (χ3n) is 3.89. The molecule has 0 heterocycles. The summed E-state index contributed by atoms with van der Waals surface area (Å²) in [5, 5.41) is 0. The summed E-state index contributed by atoms with van der Waals surface area (Å²) in [6, 6.07) is 0. The molecular formula is C18H42O3Si2. The summed E-state index contributed by atoms with van der Waals surface area (Å²) in [4.78, 5) is 0. The smallest absolute Gasteiger partial charge is 0.323 e. The van der Waals surface area contributed by atoms with E-state index in [0.717, 1.165) is 12.8 Å². The van der Waals surface area contributed by atoms with Gasteiger partial charge in [0.15, 0.2) is 0 Å². The molecule has 0 aliphatic carbocycles. The van der Waals surface area contributed by atoms with Crippen molar-refractivity contribution in [3.05, 3.63) is 0 Å². The van der Waals surface area contributed by atoms with Crippen LogP contribution in [-0.2, 0) is 13.0 Å². The van der Waals surface area contributed by atoms with Crippen LogP contribution in [0.15, 0.2) is 0 Å².